The second-order valence-corrected chi connectivity index (χ2v) is 16.1. The van der Waals surface area contributed by atoms with Crippen molar-refractivity contribution in [3.8, 4) is 33.9 Å². The molecule has 1 aliphatic heterocycles. The molecule has 2 aliphatic carbocycles. The first-order valence-electron chi connectivity index (χ1n) is 19.6. The van der Waals surface area contributed by atoms with Crippen molar-refractivity contribution >= 4 is 64.8 Å². The summed E-state index contributed by atoms with van der Waals surface area (Å²) in [5, 5.41) is 4.57. The van der Waals surface area contributed by atoms with Gasteiger partial charge in [-0.1, -0.05) is 146 Å². The average molecular weight is 751 g/mol. The van der Waals surface area contributed by atoms with Gasteiger partial charge in [0.1, 0.15) is 17.0 Å². The molecule has 3 unspecified atom stereocenters. The van der Waals surface area contributed by atoms with Crippen molar-refractivity contribution in [3.63, 3.8) is 0 Å². The van der Waals surface area contributed by atoms with Gasteiger partial charge < -0.3 is 9.32 Å². The highest BCUT2D eigenvalue weighted by atomic mass is 32.1. The standard InChI is InChI=1S/C51H34N4OS/c1-3-15-31(16-4-1)49-52-50(32-17-5-2-6-18-32)54-51(53-49)38-24-13-30-44-47(38)46-35(21-12-29-43(46)57-44)36-22-11-23-37-45-41(27-14-28-42(45)56-48(36)37)55-39-25-9-7-19-33(39)34-20-8-10-26-40(34)55/h1-17,19-30,32-33,39H,18H2. The minimum atomic E-state index is 0.0781. The summed E-state index contributed by atoms with van der Waals surface area (Å²) in [6, 6.07) is 45.5. The fraction of sp³-hybridized carbons (Fsp3) is 0.0784. The largest absolute Gasteiger partial charge is 0.455 e. The number of nitrogens with zero attached hydrogens (tertiary/aromatic N) is 4. The highest BCUT2D eigenvalue weighted by Crippen LogP contribution is 2.52. The van der Waals surface area contributed by atoms with Crippen molar-refractivity contribution in [2.45, 2.75) is 24.3 Å². The van der Waals surface area contributed by atoms with Crippen LogP contribution in [0.5, 0.6) is 0 Å². The summed E-state index contributed by atoms with van der Waals surface area (Å²) in [7, 11) is 0. The number of allylic oxidation sites excluding steroid dienone is 6. The van der Waals surface area contributed by atoms with Crippen molar-refractivity contribution in [2.75, 3.05) is 4.90 Å². The number of fused-ring (bicyclic) bond motifs is 9. The van der Waals surface area contributed by atoms with Crippen LogP contribution in [0.15, 0.2) is 180 Å². The van der Waals surface area contributed by atoms with E-state index in [9.17, 15) is 0 Å². The Balaban J connectivity index is 1.07. The van der Waals surface area contributed by atoms with Gasteiger partial charge in [0, 0.05) is 59.8 Å². The molecule has 3 aromatic heterocycles. The van der Waals surface area contributed by atoms with E-state index in [1.54, 1.807) is 11.3 Å². The van der Waals surface area contributed by atoms with Crippen LogP contribution in [0, 0.1) is 0 Å². The molecule has 0 amide bonds. The lowest BCUT2D eigenvalue weighted by atomic mass is 9.91. The van der Waals surface area contributed by atoms with Crippen LogP contribution >= 0.6 is 11.3 Å². The molecule has 57 heavy (non-hydrogen) atoms. The summed E-state index contributed by atoms with van der Waals surface area (Å²) in [6.07, 6.45) is 18.4. The van der Waals surface area contributed by atoms with E-state index in [0.717, 1.165) is 67.5 Å². The Hall–Kier alpha value is -6.89. The zero-order valence-electron chi connectivity index (χ0n) is 30.8. The van der Waals surface area contributed by atoms with E-state index in [0.29, 0.717) is 17.6 Å². The lowest BCUT2D eigenvalue weighted by Crippen LogP contribution is -2.28. The summed E-state index contributed by atoms with van der Waals surface area (Å²) in [4.78, 5) is 18.0. The van der Waals surface area contributed by atoms with E-state index >= 15 is 0 Å². The molecular weight excluding hydrogens is 717 g/mol. The Bertz CT molecular complexity index is 3210. The van der Waals surface area contributed by atoms with Gasteiger partial charge >= 0.3 is 0 Å². The third-order valence-electron chi connectivity index (χ3n) is 11.8. The van der Waals surface area contributed by atoms with Gasteiger partial charge in [-0.05, 0) is 47.9 Å². The molecule has 6 aromatic carbocycles. The van der Waals surface area contributed by atoms with E-state index in [1.807, 2.05) is 18.2 Å². The van der Waals surface area contributed by atoms with Crippen LogP contribution < -0.4 is 4.90 Å². The topological polar surface area (TPSA) is 55.1 Å². The molecule has 3 atom stereocenters. The summed E-state index contributed by atoms with van der Waals surface area (Å²) in [5.74, 6) is 2.53. The number of thiophene rings is 1. The molecule has 9 aromatic rings. The molecule has 5 nitrogen and oxygen atoms in total. The van der Waals surface area contributed by atoms with Crippen LogP contribution in [-0.4, -0.2) is 21.0 Å². The highest BCUT2D eigenvalue weighted by molar-refractivity contribution is 7.26. The van der Waals surface area contributed by atoms with E-state index in [4.69, 9.17) is 19.4 Å². The first kappa shape index (κ1) is 32.4. The number of para-hydroxylation sites is 2. The second kappa shape index (κ2) is 12.8. The highest BCUT2D eigenvalue weighted by Gasteiger charge is 2.38. The normalized spacial score (nSPS) is 18.3. The molecule has 0 saturated heterocycles. The fourth-order valence-electron chi connectivity index (χ4n) is 9.26. The molecular formula is C51H34N4OS. The Morgan fingerprint density at radius 3 is 2.16 bits per heavy atom. The van der Waals surface area contributed by atoms with Crippen molar-refractivity contribution in [1.29, 1.82) is 0 Å². The zero-order chi connectivity index (χ0) is 37.5. The maximum absolute atomic E-state index is 6.96. The van der Waals surface area contributed by atoms with Crippen LogP contribution in [-0.2, 0) is 0 Å². The minimum Gasteiger partial charge on any atom is -0.455 e. The van der Waals surface area contributed by atoms with Crippen molar-refractivity contribution in [2.24, 2.45) is 0 Å². The van der Waals surface area contributed by atoms with Crippen molar-refractivity contribution < 1.29 is 4.42 Å². The number of aromatic nitrogens is 3. The molecule has 4 heterocycles. The first-order chi connectivity index (χ1) is 28.3. The number of furan rings is 1. The maximum atomic E-state index is 6.96. The Labute approximate surface area is 333 Å². The molecule has 0 saturated carbocycles. The minimum absolute atomic E-state index is 0.0781. The molecule has 0 fully saturated rings. The van der Waals surface area contributed by atoms with E-state index in [-0.39, 0.29) is 12.0 Å². The summed E-state index contributed by atoms with van der Waals surface area (Å²) < 4.78 is 9.36. The van der Waals surface area contributed by atoms with Gasteiger partial charge in [-0.25, -0.2) is 15.0 Å². The molecule has 0 N–H and O–H groups in total. The molecule has 0 radical (unpaired) electrons. The van der Waals surface area contributed by atoms with Crippen LogP contribution in [0.3, 0.4) is 0 Å². The lowest BCUT2D eigenvalue weighted by molar-refractivity contribution is 0.670. The van der Waals surface area contributed by atoms with Gasteiger partial charge in [-0.15, -0.1) is 11.3 Å². The van der Waals surface area contributed by atoms with Gasteiger partial charge in [0.05, 0.1) is 17.1 Å². The maximum Gasteiger partial charge on any atom is 0.164 e. The number of hydrogen-bond donors (Lipinski definition) is 0. The van der Waals surface area contributed by atoms with Gasteiger partial charge in [0.15, 0.2) is 11.6 Å². The van der Waals surface area contributed by atoms with Gasteiger partial charge in [-0.2, -0.15) is 0 Å². The van der Waals surface area contributed by atoms with Crippen LogP contribution in [0.4, 0.5) is 11.4 Å². The van der Waals surface area contributed by atoms with E-state index in [2.05, 4.69) is 163 Å². The van der Waals surface area contributed by atoms with Gasteiger partial charge in [-0.3, -0.25) is 0 Å². The summed E-state index contributed by atoms with van der Waals surface area (Å²) in [5.41, 5.74) is 9.69. The quantitative estimate of drug-likeness (QED) is 0.175. The molecule has 6 heteroatoms. The lowest BCUT2D eigenvalue weighted by Gasteiger charge is -2.29. The smallest absolute Gasteiger partial charge is 0.164 e. The number of anilines is 2. The van der Waals surface area contributed by atoms with E-state index < -0.39 is 0 Å². The molecule has 0 spiro atoms. The first-order valence-corrected chi connectivity index (χ1v) is 20.4. The zero-order valence-corrected chi connectivity index (χ0v) is 31.6. The predicted molar refractivity (Wildman–Crippen MR) is 235 cm³/mol. The van der Waals surface area contributed by atoms with Crippen molar-refractivity contribution in [3.05, 3.63) is 187 Å². The Kier molecular flexibility index (Phi) is 7.29. The molecule has 270 valence electrons. The van der Waals surface area contributed by atoms with Crippen LogP contribution in [0.1, 0.15) is 29.6 Å². The Morgan fingerprint density at radius 1 is 0.561 bits per heavy atom. The number of rotatable bonds is 5. The fourth-order valence-corrected chi connectivity index (χ4v) is 10.4. The SMILES string of the molecule is C1=CCC(c2nc(-c3ccccc3)nc(-c3cccc4sc5cccc(-c6cccc7c6oc6cccc(N8c9ccccc9C9C=CC=CC98)c67)c5c34)n2)C=C1. The van der Waals surface area contributed by atoms with Crippen LogP contribution in [0.25, 0.3) is 76.0 Å². The van der Waals surface area contributed by atoms with E-state index in [1.165, 1.54) is 26.0 Å². The predicted octanol–water partition coefficient (Wildman–Crippen LogP) is 13.5. The number of hydrogen-bond acceptors (Lipinski definition) is 6. The molecule has 0 bridgehead atoms. The Morgan fingerprint density at radius 2 is 1.28 bits per heavy atom. The second-order valence-electron chi connectivity index (χ2n) is 15.0. The van der Waals surface area contributed by atoms with Gasteiger partial charge in [0.25, 0.3) is 0 Å². The third-order valence-corrected chi connectivity index (χ3v) is 12.9. The molecule has 12 rings (SSSR count). The van der Waals surface area contributed by atoms with Gasteiger partial charge in [0.2, 0.25) is 0 Å². The third kappa shape index (κ3) is 5.04. The summed E-state index contributed by atoms with van der Waals surface area (Å²) >= 11 is 1.81. The van der Waals surface area contributed by atoms with Crippen LogP contribution in [0.2, 0.25) is 0 Å². The van der Waals surface area contributed by atoms with Crippen molar-refractivity contribution in [1.82, 2.24) is 15.0 Å². The average Bonchev–Trinajstić information content (AvgIpc) is 3.97. The monoisotopic (exact) mass is 750 g/mol. The number of benzene rings is 6. The molecule has 3 aliphatic rings. The summed E-state index contributed by atoms with van der Waals surface area (Å²) in [6.45, 7) is 0.